The lowest BCUT2D eigenvalue weighted by Crippen LogP contribution is -2.33. The van der Waals surface area contributed by atoms with Gasteiger partial charge in [0.15, 0.2) is 11.6 Å². The summed E-state index contributed by atoms with van der Waals surface area (Å²) in [6, 6.07) is 13.9. The van der Waals surface area contributed by atoms with Crippen LogP contribution in [-0.4, -0.2) is 28.2 Å². The summed E-state index contributed by atoms with van der Waals surface area (Å²) in [6.45, 7) is -0.00397. The first-order valence-corrected chi connectivity index (χ1v) is 12.4. The Morgan fingerprint density at radius 2 is 1.76 bits per heavy atom. The first-order valence-electron chi connectivity index (χ1n) is 10.9. The van der Waals surface area contributed by atoms with Crippen LogP contribution in [-0.2, 0) is 24.3 Å². The number of halogens is 1. The zero-order valence-corrected chi connectivity index (χ0v) is 19.1. The summed E-state index contributed by atoms with van der Waals surface area (Å²) in [4.78, 5) is 13.5. The predicted molar refractivity (Wildman–Crippen MR) is 124 cm³/mol. The molecule has 9 heteroatoms. The minimum atomic E-state index is -3.51. The zero-order valence-electron chi connectivity index (χ0n) is 18.3. The fourth-order valence-electron chi connectivity index (χ4n) is 4.88. The minimum absolute atomic E-state index is 0. The molecule has 0 saturated heterocycles. The topological polar surface area (TPSA) is 93.7 Å². The number of rotatable bonds is 6. The van der Waals surface area contributed by atoms with Gasteiger partial charge in [-0.3, -0.25) is 4.79 Å². The van der Waals surface area contributed by atoms with Crippen LogP contribution in [0.2, 0.25) is 0 Å². The highest BCUT2D eigenvalue weighted by Gasteiger charge is 2.60. The lowest BCUT2D eigenvalue weighted by atomic mass is 9.69. The number of fused-ring (bicyclic) bond motifs is 3. The molecule has 1 amide bonds. The number of anilines is 1. The van der Waals surface area contributed by atoms with Gasteiger partial charge in [-0.2, -0.15) is 0 Å². The molecule has 0 radical (unpaired) electrons. The molecule has 7 nitrogen and oxygen atoms in total. The van der Waals surface area contributed by atoms with Gasteiger partial charge < -0.3 is 14.8 Å². The van der Waals surface area contributed by atoms with Gasteiger partial charge in [0.25, 0.3) is 0 Å². The van der Waals surface area contributed by atoms with Crippen molar-refractivity contribution in [2.24, 2.45) is 5.41 Å². The van der Waals surface area contributed by atoms with Gasteiger partial charge in [-0.05, 0) is 60.9 Å². The predicted octanol–water partition coefficient (Wildman–Crippen LogP) is 4.38. The van der Waals surface area contributed by atoms with Crippen LogP contribution < -0.4 is 10.0 Å². The third-order valence-electron chi connectivity index (χ3n) is 6.86. The summed E-state index contributed by atoms with van der Waals surface area (Å²) in [5, 5.41) is 3.00. The molecule has 0 unspecified atom stereocenters. The average Bonchev–Trinajstić information content (AvgIpc) is 3.45. The molecule has 2 bridgehead atoms. The number of ether oxygens (including phenoxy) is 2. The van der Waals surface area contributed by atoms with E-state index in [-0.39, 0.29) is 24.8 Å². The maximum atomic E-state index is 14.8. The number of hydrogen-bond acceptors (Lipinski definition) is 5. The second kappa shape index (κ2) is 7.28. The number of benzene rings is 2. The maximum absolute atomic E-state index is 14.8. The van der Waals surface area contributed by atoms with Gasteiger partial charge >= 0.3 is 0 Å². The molecule has 3 aliphatic carbocycles. The third kappa shape index (κ3) is 3.04. The van der Waals surface area contributed by atoms with Gasteiger partial charge in [0.1, 0.15) is 0 Å². The van der Waals surface area contributed by atoms with Crippen molar-refractivity contribution in [1.29, 1.82) is 0 Å². The maximum Gasteiger partial charge on any atom is 0.240 e. The molecule has 6 rings (SSSR count). The molecule has 2 N–H and O–H groups in total. The van der Waals surface area contributed by atoms with Crippen LogP contribution in [0.15, 0.2) is 87.5 Å². The highest BCUT2D eigenvalue weighted by Crippen LogP contribution is 2.65. The van der Waals surface area contributed by atoms with E-state index in [1.165, 1.54) is 19.2 Å². The second-order valence-electron chi connectivity index (χ2n) is 8.74. The van der Waals surface area contributed by atoms with Gasteiger partial charge in [0, 0.05) is 24.7 Å². The zero-order chi connectivity index (χ0) is 23.7. The smallest absolute Gasteiger partial charge is 0.240 e. The number of amides is 1. The van der Waals surface area contributed by atoms with Crippen molar-refractivity contribution in [3.8, 4) is 11.1 Å². The summed E-state index contributed by atoms with van der Waals surface area (Å²) < 4.78 is 51.8. The molecule has 0 spiro atoms. The normalized spacial score (nSPS) is 19.8. The van der Waals surface area contributed by atoms with Gasteiger partial charge in [-0.15, -0.1) is 0 Å². The van der Waals surface area contributed by atoms with E-state index in [0.29, 0.717) is 36.3 Å². The molecule has 34 heavy (non-hydrogen) atoms. The van der Waals surface area contributed by atoms with Crippen molar-refractivity contribution in [2.45, 2.75) is 24.2 Å². The Morgan fingerprint density at radius 3 is 2.47 bits per heavy atom. The van der Waals surface area contributed by atoms with Crippen LogP contribution in [0.3, 0.4) is 0 Å². The van der Waals surface area contributed by atoms with Crippen LogP contribution in [0.4, 0.5) is 10.1 Å². The minimum Gasteiger partial charge on any atom is -0.453 e. The Labute approximate surface area is 197 Å². The Bertz CT molecular complexity index is 1460. The fraction of sp³-hybridized carbons (Fsp3) is 0.240. The van der Waals surface area contributed by atoms with Crippen LogP contribution in [0, 0.1) is 5.41 Å². The molecule has 176 valence electrons. The number of hydrogen-bond donors (Lipinski definition) is 2. The fourth-order valence-corrected chi connectivity index (χ4v) is 5.61. The second-order valence-corrected chi connectivity index (χ2v) is 10.6. The molecular weight excluding hydrogens is 459 g/mol. The Kier molecular flexibility index (Phi) is 4.53. The number of carbonyl (C=O) groups is 1. The van der Waals surface area contributed by atoms with Crippen molar-refractivity contribution >= 4 is 21.6 Å². The lowest BCUT2D eigenvalue weighted by molar-refractivity contribution is -0.119. The molecule has 2 aromatic rings. The molecule has 1 aliphatic heterocycles. The molecule has 2 aromatic carbocycles. The summed E-state index contributed by atoms with van der Waals surface area (Å²) in [7, 11) is -2.15. The Hall–Kier alpha value is -3.43. The molecule has 1 saturated carbocycles. The highest BCUT2D eigenvalue weighted by molar-refractivity contribution is 7.89. The summed E-state index contributed by atoms with van der Waals surface area (Å²) in [6.07, 6.45) is 1.77. The Morgan fingerprint density at radius 1 is 1.03 bits per heavy atom. The summed E-state index contributed by atoms with van der Waals surface area (Å²) >= 11 is 0. The van der Waals surface area contributed by atoms with Crippen molar-refractivity contribution in [3.63, 3.8) is 0 Å². The van der Waals surface area contributed by atoms with Gasteiger partial charge in [-0.25, -0.2) is 17.5 Å². The lowest BCUT2D eigenvalue weighted by Gasteiger charge is -2.36. The number of nitrogens with one attached hydrogen (secondary N) is 2. The van der Waals surface area contributed by atoms with E-state index in [9.17, 15) is 17.6 Å². The van der Waals surface area contributed by atoms with E-state index in [1.807, 2.05) is 18.2 Å². The number of allylic oxidation sites excluding steroid dienone is 3. The molecule has 0 aromatic heterocycles. The van der Waals surface area contributed by atoms with Crippen molar-refractivity contribution in [3.05, 3.63) is 82.6 Å². The van der Waals surface area contributed by atoms with E-state index in [4.69, 9.17) is 9.47 Å². The van der Waals surface area contributed by atoms with Crippen LogP contribution in [0.5, 0.6) is 0 Å². The molecule has 1 heterocycles. The van der Waals surface area contributed by atoms with E-state index >= 15 is 0 Å². The van der Waals surface area contributed by atoms with Gasteiger partial charge in [0.05, 0.1) is 10.3 Å². The summed E-state index contributed by atoms with van der Waals surface area (Å²) in [5.74, 6) is 0.0210. The van der Waals surface area contributed by atoms with Crippen LogP contribution >= 0.6 is 0 Å². The monoisotopic (exact) mass is 482 g/mol. The number of sulfonamides is 1. The third-order valence-corrected chi connectivity index (χ3v) is 8.29. The summed E-state index contributed by atoms with van der Waals surface area (Å²) in [5.41, 5.74) is 3.70. The van der Waals surface area contributed by atoms with E-state index in [0.717, 1.165) is 22.3 Å². The number of carbonyl (C=O) groups excluding carboxylic acids is 1. The van der Waals surface area contributed by atoms with Gasteiger partial charge in [0.2, 0.25) is 28.5 Å². The van der Waals surface area contributed by atoms with E-state index in [2.05, 4.69) is 10.0 Å². The first kappa shape index (κ1) is 21.1. The van der Waals surface area contributed by atoms with Crippen LogP contribution in [0.25, 0.3) is 11.1 Å². The van der Waals surface area contributed by atoms with E-state index < -0.39 is 21.3 Å². The standard InChI is InChI=1S/C25H21FN2O5S.H2/c1-27-34(30,31)17-7-5-14(6-8-17)15-3-2-4-16(11-15)28-24(29)25(9-10-25)20-18-12-19(20)22-23(21(18)26)33-13-32-22;/h2-8,11,27H,9-10,12-13H2,1H3,(H,28,29);1H. The van der Waals surface area contributed by atoms with Crippen molar-refractivity contribution in [2.75, 3.05) is 19.2 Å². The van der Waals surface area contributed by atoms with Crippen molar-refractivity contribution in [1.82, 2.24) is 4.72 Å². The van der Waals surface area contributed by atoms with Gasteiger partial charge in [-0.1, -0.05) is 24.3 Å². The van der Waals surface area contributed by atoms with Crippen LogP contribution in [0.1, 0.15) is 20.7 Å². The Balaban J connectivity index is 0.00000253. The molecule has 4 aliphatic rings. The SMILES string of the molecule is CNS(=O)(=O)c1ccc(-c2cccc(NC(=O)C3(C4=C5CC4=C(F)C4=C5OCO4)CC3)c2)cc1.[HH]. The van der Waals surface area contributed by atoms with Crippen molar-refractivity contribution < 1.29 is 28.5 Å². The highest BCUT2D eigenvalue weighted by atomic mass is 32.2. The quantitative estimate of drug-likeness (QED) is 0.637. The van der Waals surface area contributed by atoms with E-state index in [1.54, 1.807) is 18.2 Å². The molecule has 1 fully saturated rings. The largest absolute Gasteiger partial charge is 0.453 e. The molecular formula is C25H23FN2O5S. The molecule has 0 atom stereocenters. The first-order chi connectivity index (χ1) is 16.3. The average molecular weight is 483 g/mol.